The van der Waals surface area contributed by atoms with Crippen molar-refractivity contribution in [2.75, 3.05) is 5.32 Å². The molecule has 1 N–H and O–H groups in total. The maximum Gasteiger partial charge on any atom is 0.0637 e. The quantitative estimate of drug-likeness (QED) is 0.774. The number of nitrogens with one attached hydrogen (secondary N) is 1. The molecule has 0 amide bonds. The lowest BCUT2D eigenvalue weighted by atomic mass is 10.0. The molecule has 0 aromatic heterocycles. The van der Waals surface area contributed by atoms with Gasteiger partial charge in [0.1, 0.15) is 0 Å². The highest BCUT2D eigenvalue weighted by atomic mass is 35.5. The number of para-hydroxylation sites is 1. The summed E-state index contributed by atoms with van der Waals surface area (Å²) in [5.41, 5.74) is 1.04. The van der Waals surface area contributed by atoms with Gasteiger partial charge in [0.25, 0.3) is 0 Å². The zero-order valence-electron chi connectivity index (χ0n) is 9.76. The second-order valence-corrected chi connectivity index (χ2v) is 4.90. The number of halogens is 1. The van der Waals surface area contributed by atoms with Gasteiger partial charge in [-0.15, -0.1) is 0 Å². The molecular formula is C13H20ClN. The van der Waals surface area contributed by atoms with Crippen LogP contribution in [0.25, 0.3) is 0 Å². The highest BCUT2D eigenvalue weighted by molar-refractivity contribution is 6.33. The Labute approximate surface area is 97.8 Å². The second-order valence-electron chi connectivity index (χ2n) is 4.50. The van der Waals surface area contributed by atoms with Gasteiger partial charge in [0, 0.05) is 6.04 Å². The molecule has 1 atom stereocenters. The molecule has 2 heteroatoms. The van der Waals surface area contributed by atoms with E-state index in [1.807, 2.05) is 24.3 Å². The van der Waals surface area contributed by atoms with Gasteiger partial charge in [0.05, 0.1) is 10.7 Å². The standard InChI is InChI=1S/C13H20ClN/c1-10(2)8-9-11(3)15-13-7-5-4-6-12(13)14/h4-7,10-11,15H,8-9H2,1-3H3. The highest BCUT2D eigenvalue weighted by Crippen LogP contribution is 2.22. The maximum atomic E-state index is 6.07. The molecule has 0 aliphatic carbocycles. The number of anilines is 1. The Balaban J connectivity index is 2.44. The minimum atomic E-state index is 0.479. The lowest BCUT2D eigenvalue weighted by Crippen LogP contribution is -2.15. The second kappa shape index (κ2) is 6.02. The van der Waals surface area contributed by atoms with Crippen molar-refractivity contribution in [1.82, 2.24) is 0 Å². The Morgan fingerprint density at radius 2 is 1.80 bits per heavy atom. The molecule has 0 heterocycles. The lowest BCUT2D eigenvalue weighted by Gasteiger charge is -2.17. The van der Waals surface area contributed by atoms with Gasteiger partial charge in [-0.2, -0.15) is 0 Å². The van der Waals surface area contributed by atoms with E-state index < -0.39 is 0 Å². The fourth-order valence-electron chi connectivity index (χ4n) is 1.50. The normalized spacial score (nSPS) is 12.9. The first-order chi connectivity index (χ1) is 7.09. The molecule has 0 fully saturated rings. The number of hydrogen-bond donors (Lipinski definition) is 1. The molecule has 0 spiro atoms. The smallest absolute Gasteiger partial charge is 0.0637 e. The summed E-state index contributed by atoms with van der Waals surface area (Å²) in [5, 5.41) is 4.23. The average Bonchev–Trinajstić information content (AvgIpc) is 2.18. The molecule has 0 bridgehead atoms. The van der Waals surface area contributed by atoms with Crippen molar-refractivity contribution >= 4 is 17.3 Å². The molecule has 0 saturated heterocycles. The van der Waals surface area contributed by atoms with Crippen LogP contribution in [0, 0.1) is 5.92 Å². The summed E-state index contributed by atoms with van der Waals surface area (Å²) in [6.45, 7) is 6.70. The van der Waals surface area contributed by atoms with Gasteiger partial charge < -0.3 is 5.32 Å². The summed E-state index contributed by atoms with van der Waals surface area (Å²) in [5.74, 6) is 0.764. The van der Waals surface area contributed by atoms with E-state index in [1.54, 1.807) is 0 Å². The van der Waals surface area contributed by atoms with Crippen molar-refractivity contribution < 1.29 is 0 Å². The van der Waals surface area contributed by atoms with Gasteiger partial charge in [-0.05, 0) is 37.8 Å². The topological polar surface area (TPSA) is 12.0 Å². The SMILES string of the molecule is CC(C)CCC(C)Nc1ccccc1Cl. The van der Waals surface area contributed by atoms with Crippen LogP contribution in [-0.4, -0.2) is 6.04 Å². The number of benzene rings is 1. The van der Waals surface area contributed by atoms with Gasteiger partial charge in [-0.3, -0.25) is 0 Å². The molecule has 15 heavy (non-hydrogen) atoms. The Morgan fingerprint density at radius 1 is 1.13 bits per heavy atom. The van der Waals surface area contributed by atoms with E-state index in [0.29, 0.717) is 6.04 Å². The van der Waals surface area contributed by atoms with Crippen LogP contribution in [0.4, 0.5) is 5.69 Å². The summed E-state index contributed by atoms with van der Waals surface area (Å²) in [6.07, 6.45) is 2.43. The first kappa shape index (κ1) is 12.4. The Hall–Kier alpha value is -0.690. The molecule has 1 unspecified atom stereocenters. The monoisotopic (exact) mass is 225 g/mol. The maximum absolute atomic E-state index is 6.07. The van der Waals surface area contributed by atoms with Crippen molar-refractivity contribution in [3.63, 3.8) is 0 Å². The Kier molecular flexibility index (Phi) is 4.97. The zero-order valence-corrected chi connectivity index (χ0v) is 10.5. The molecule has 1 rings (SSSR count). The van der Waals surface area contributed by atoms with Crippen LogP contribution in [0.1, 0.15) is 33.6 Å². The molecule has 0 aliphatic rings. The van der Waals surface area contributed by atoms with E-state index in [-0.39, 0.29) is 0 Å². The van der Waals surface area contributed by atoms with Crippen molar-refractivity contribution in [3.05, 3.63) is 29.3 Å². The first-order valence-corrected chi connectivity index (χ1v) is 5.98. The molecule has 1 nitrogen and oxygen atoms in total. The van der Waals surface area contributed by atoms with Gasteiger partial charge >= 0.3 is 0 Å². The highest BCUT2D eigenvalue weighted by Gasteiger charge is 2.05. The van der Waals surface area contributed by atoms with Crippen LogP contribution in [0.2, 0.25) is 5.02 Å². The van der Waals surface area contributed by atoms with Crippen molar-refractivity contribution in [3.8, 4) is 0 Å². The van der Waals surface area contributed by atoms with Crippen LogP contribution >= 0.6 is 11.6 Å². The van der Waals surface area contributed by atoms with E-state index in [2.05, 4.69) is 26.1 Å². The van der Waals surface area contributed by atoms with E-state index in [9.17, 15) is 0 Å². The van der Waals surface area contributed by atoms with E-state index in [4.69, 9.17) is 11.6 Å². The summed E-state index contributed by atoms with van der Waals surface area (Å²) in [4.78, 5) is 0. The van der Waals surface area contributed by atoms with Crippen LogP contribution in [0.3, 0.4) is 0 Å². The summed E-state index contributed by atoms with van der Waals surface area (Å²) >= 11 is 6.07. The third-order valence-electron chi connectivity index (χ3n) is 2.45. The Morgan fingerprint density at radius 3 is 2.40 bits per heavy atom. The van der Waals surface area contributed by atoms with E-state index in [0.717, 1.165) is 16.6 Å². The van der Waals surface area contributed by atoms with E-state index in [1.165, 1.54) is 12.8 Å². The lowest BCUT2D eigenvalue weighted by molar-refractivity contribution is 0.528. The molecule has 0 aliphatic heterocycles. The largest absolute Gasteiger partial charge is 0.381 e. The molecule has 1 aromatic carbocycles. The molecule has 1 aromatic rings. The fourth-order valence-corrected chi connectivity index (χ4v) is 1.69. The van der Waals surface area contributed by atoms with Crippen LogP contribution in [0.15, 0.2) is 24.3 Å². The first-order valence-electron chi connectivity index (χ1n) is 5.60. The minimum absolute atomic E-state index is 0.479. The fraction of sp³-hybridized carbons (Fsp3) is 0.538. The summed E-state index contributed by atoms with van der Waals surface area (Å²) in [6, 6.07) is 8.37. The summed E-state index contributed by atoms with van der Waals surface area (Å²) < 4.78 is 0. The van der Waals surface area contributed by atoms with Crippen molar-refractivity contribution in [2.24, 2.45) is 5.92 Å². The average molecular weight is 226 g/mol. The van der Waals surface area contributed by atoms with Gasteiger partial charge in [-0.25, -0.2) is 0 Å². The van der Waals surface area contributed by atoms with Crippen LogP contribution in [0.5, 0.6) is 0 Å². The van der Waals surface area contributed by atoms with Crippen molar-refractivity contribution in [1.29, 1.82) is 0 Å². The predicted molar refractivity (Wildman–Crippen MR) is 68.6 cm³/mol. The predicted octanol–water partition coefficient (Wildman–Crippen LogP) is 4.58. The molecule has 0 saturated carbocycles. The van der Waals surface area contributed by atoms with E-state index >= 15 is 0 Å². The summed E-state index contributed by atoms with van der Waals surface area (Å²) in [7, 11) is 0. The van der Waals surface area contributed by atoms with Gasteiger partial charge in [0.2, 0.25) is 0 Å². The minimum Gasteiger partial charge on any atom is -0.381 e. The zero-order chi connectivity index (χ0) is 11.3. The number of rotatable bonds is 5. The third kappa shape index (κ3) is 4.57. The van der Waals surface area contributed by atoms with Crippen molar-refractivity contribution in [2.45, 2.75) is 39.7 Å². The molecule has 84 valence electrons. The molecule has 0 radical (unpaired) electrons. The van der Waals surface area contributed by atoms with Gasteiger partial charge in [0.15, 0.2) is 0 Å². The third-order valence-corrected chi connectivity index (χ3v) is 2.78. The van der Waals surface area contributed by atoms with Crippen LogP contribution < -0.4 is 5.32 Å². The number of hydrogen-bond acceptors (Lipinski definition) is 1. The Bertz CT molecular complexity index is 296. The molecular weight excluding hydrogens is 206 g/mol. The van der Waals surface area contributed by atoms with Crippen LogP contribution in [-0.2, 0) is 0 Å². The van der Waals surface area contributed by atoms with Gasteiger partial charge in [-0.1, -0.05) is 37.6 Å².